The van der Waals surface area contributed by atoms with E-state index in [4.69, 9.17) is 4.74 Å². The Balaban J connectivity index is 1.85. The molecule has 2 heterocycles. The lowest BCUT2D eigenvalue weighted by atomic mass is 10.1. The van der Waals surface area contributed by atoms with Gasteiger partial charge in [0, 0.05) is 38.8 Å². The van der Waals surface area contributed by atoms with Crippen LogP contribution in [0.3, 0.4) is 0 Å². The number of ether oxygens (including phenoxy) is 1. The Kier molecular flexibility index (Phi) is 6.09. The van der Waals surface area contributed by atoms with Crippen molar-refractivity contribution in [1.29, 1.82) is 0 Å². The second-order valence-corrected chi connectivity index (χ2v) is 8.12. The predicted molar refractivity (Wildman–Crippen MR) is 86.3 cm³/mol. The maximum atomic E-state index is 12.1. The van der Waals surface area contributed by atoms with Gasteiger partial charge in [-0.15, -0.1) is 0 Å². The Morgan fingerprint density at radius 3 is 2.87 bits per heavy atom. The zero-order chi connectivity index (χ0) is 16.9. The Morgan fingerprint density at radius 2 is 2.22 bits per heavy atom. The minimum Gasteiger partial charge on any atom is -0.379 e. The number of aryl methyl sites for hydroxylation is 1. The van der Waals surface area contributed by atoms with Crippen molar-refractivity contribution in [3.05, 3.63) is 30.1 Å². The number of nitrogens with zero attached hydrogens (tertiary/aromatic N) is 2. The van der Waals surface area contributed by atoms with Crippen LogP contribution in [0.2, 0.25) is 0 Å². The quantitative estimate of drug-likeness (QED) is 0.756. The van der Waals surface area contributed by atoms with Crippen molar-refractivity contribution in [2.24, 2.45) is 5.92 Å². The third kappa shape index (κ3) is 5.26. The molecule has 1 fully saturated rings. The van der Waals surface area contributed by atoms with Crippen LogP contribution in [0.15, 0.2) is 24.5 Å². The topological polar surface area (TPSA) is 88.6 Å². The van der Waals surface area contributed by atoms with Gasteiger partial charge in [0.2, 0.25) is 15.9 Å². The lowest BCUT2D eigenvalue weighted by Crippen LogP contribution is -2.43. The summed E-state index contributed by atoms with van der Waals surface area (Å²) < 4.78 is 30.5. The van der Waals surface area contributed by atoms with Crippen LogP contribution < -0.4 is 5.32 Å². The van der Waals surface area contributed by atoms with Crippen molar-refractivity contribution in [3.8, 4) is 0 Å². The molecule has 2 rings (SSSR count). The van der Waals surface area contributed by atoms with Gasteiger partial charge in [-0.2, -0.15) is 0 Å². The molecular formula is C15H23N3O4S. The van der Waals surface area contributed by atoms with Crippen LogP contribution >= 0.6 is 0 Å². The molecule has 8 heteroatoms. The molecule has 23 heavy (non-hydrogen) atoms. The standard InChI is InChI=1S/C15H23N3O4S/c1-18(2)23(20,21)11-13-9-22-10-14(13)17-15(19)6-5-12-4-3-7-16-8-12/h3-4,7-8,13-14H,5-6,9-11H2,1-2H3,(H,17,19)/t13-,14-/m0/s1. The van der Waals surface area contributed by atoms with Gasteiger partial charge in [0.1, 0.15) is 0 Å². The smallest absolute Gasteiger partial charge is 0.220 e. The number of aromatic nitrogens is 1. The van der Waals surface area contributed by atoms with Crippen molar-refractivity contribution < 1.29 is 17.9 Å². The van der Waals surface area contributed by atoms with Gasteiger partial charge in [-0.25, -0.2) is 12.7 Å². The molecule has 2 atom stereocenters. The fourth-order valence-electron chi connectivity index (χ4n) is 2.42. The molecule has 0 unspecified atom stereocenters. The molecule has 0 radical (unpaired) electrons. The van der Waals surface area contributed by atoms with E-state index in [9.17, 15) is 13.2 Å². The van der Waals surface area contributed by atoms with Crippen LogP contribution in [0.1, 0.15) is 12.0 Å². The SMILES string of the molecule is CN(C)S(=O)(=O)C[C@@H]1COC[C@@H]1NC(=O)CCc1cccnc1. The molecule has 1 aliphatic rings. The number of sulfonamides is 1. The summed E-state index contributed by atoms with van der Waals surface area (Å²) in [5.74, 6) is -0.338. The van der Waals surface area contributed by atoms with Crippen LogP contribution in [-0.2, 0) is 26.0 Å². The fourth-order valence-corrected chi connectivity index (χ4v) is 3.59. The minimum atomic E-state index is -3.31. The molecule has 1 N–H and O–H groups in total. The van der Waals surface area contributed by atoms with Gasteiger partial charge in [0.25, 0.3) is 0 Å². The number of carbonyl (C=O) groups excluding carboxylic acids is 1. The average molecular weight is 341 g/mol. The first-order valence-electron chi connectivity index (χ1n) is 7.54. The normalized spacial score (nSPS) is 21.5. The Labute approximate surface area is 137 Å². The van der Waals surface area contributed by atoms with E-state index in [0.29, 0.717) is 26.1 Å². The third-order valence-corrected chi connectivity index (χ3v) is 5.85. The molecule has 0 spiro atoms. The van der Waals surface area contributed by atoms with Crippen molar-refractivity contribution in [2.45, 2.75) is 18.9 Å². The molecule has 1 saturated heterocycles. The molecule has 1 aliphatic heterocycles. The molecular weight excluding hydrogens is 318 g/mol. The van der Waals surface area contributed by atoms with E-state index in [1.54, 1.807) is 12.4 Å². The van der Waals surface area contributed by atoms with Crippen LogP contribution in [0.4, 0.5) is 0 Å². The van der Waals surface area contributed by atoms with E-state index >= 15 is 0 Å². The first-order valence-corrected chi connectivity index (χ1v) is 9.15. The monoisotopic (exact) mass is 341 g/mol. The molecule has 1 aromatic rings. The summed E-state index contributed by atoms with van der Waals surface area (Å²) in [4.78, 5) is 16.1. The molecule has 1 amide bonds. The number of hydrogen-bond donors (Lipinski definition) is 1. The first kappa shape index (κ1) is 17.8. The first-order chi connectivity index (χ1) is 10.9. The molecule has 0 aromatic carbocycles. The fraction of sp³-hybridized carbons (Fsp3) is 0.600. The second kappa shape index (κ2) is 7.85. The second-order valence-electron chi connectivity index (χ2n) is 5.89. The van der Waals surface area contributed by atoms with Gasteiger partial charge < -0.3 is 10.1 Å². The van der Waals surface area contributed by atoms with E-state index in [1.165, 1.54) is 18.4 Å². The van der Waals surface area contributed by atoms with Gasteiger partial charge in [-0.05, 0) is 18.1 Å². The maximum absolute atomic E-state index is 12.1. The van der Waals surface area contributed by atoms with Crippen LogP contribution in [0.25, 0.3) is 0 Å². The molecule has 0 bridgehead atoms. The van der Waals surface area contributed by atoms with Crippen LogP contribution in [0.5, 0.6) is 0 Å². The lowest BCUT2D eigenvalue weighted by Gasteiger charge is -2.21. The Morgan fingerprint density at radius 1 is 1.43 bits per heavy atom. The third-order valence-electron chi connectivity index (χ3n) is 3.89. The van der Waals surface area contributed by atoms with Gasteiger partial charge in [-0.3, -0.25) is 9.78 Å². The van der Waals surface area contributed by atoms with Crippen LogP contribution in [0, 0.1) is 5.92 Å². The molecule has 0 saturated carbocycles. The zero-order valence-electron chi connectivity index (χ0n) is 13.4. The van der Waals surface area contributed by atoms with E-state index in [2.05, 4.69) is 10.3 Å². The predicted octanol–water partition coefficient (Wildman–Crippen LogP) is 0.0368. The highest BCUT2D eigenvalue weighted by molar-refractivity contribution is 7.89. The summed E-state index contributed by atoms with van der Waals surface area (Å²) in [6.07, 6.45) is 4.37. The van der Waals surface area contributed by atoms with Crippen LogP contribution in [-0.4, -0.2) is 62.7 Å². The van der Waals surface area contributed by atoms with Crippen molar-refractivity contribution in [2.75, 3.05) is 33.1 Å². The number of pyridine rings is 1. The summed E-state index contributed by atoms with van der Waals surface area (Å²) in [6.45, 7) is 0.701. The summed E-state index contributed by atoms with van der Waals surface area (Å²) in [6, 6.07) is 3.50. The number of rotatable bonds is 7. The highest BCUT2D eigenvalue weighted by Gasteiger charge is 2.33. The summed E-state index contributed by atoms with van der Waals surface area (Å²) in [5, 5.41) is 2.89. The molecule has 7 nitrogen and oxygen atoms in total. The van der Waals surface area contributed by atoms with E-state index in [1.807, 2.05) is 12.1 Å². The Bertz CT molecular complexity index is 619. The van der Waals surface area contributed by atoms with E-state index < -0.39 is 10.0 Å². The molecule has 128 valence electrons. The Hall–Kier alpha value is -1.51. The van der Waals surface area contributed by atoms with Gasteiger partial charge in [0.05, 0.1) is 25.0 Å². The van der Waals surface area contributed by atoms with Gasteiger partial charge in [-0.1, -0.05) is 6.07 Å². The maximum Gasteiger partial charge on any atom is 0.220 e. The van der Waals surface area contributed by atoms with Gasteiger partial charge in [0.15, 0.2) is 0 Å². The van der Waals surface area contributed by atoms with E-state index in [0.717, 1.165) is 5.56 Å². The number of carbonyl (C=O) groups is 1. The minimum absolute atomic E-state index is 0.0203. The van der Waals surface area contributed by atoms with Gasteiger partial charge >= 0.3 is 0 Å². The van der Waals surface area contributed by atoms with E-state index in [-0.39, 0.29) is 23.6 Å². The summed E-state index contributed by atoms with van der Waals surface area (Å²) in [7, 11) is -0.299. The highest BCUT2D eigenvalue weighted by atomic mass is 32.2. The lowest BCUT2D eigenvalue weighted by molar-refractivity contribution is -0.121. The molecule has 0 aliphatic carbocycles. The van der Waals surface area contributed by atoms with Crippen molar-refractivity contribution in [3.63, 3.8) is 0 Å². The summed E-state index contributed by atoms with van der Waals surface area (Å²) in [5.41, 5.74) is 0.997. The average Bonchev–Trinajstić information content (AvgIpc) is 2.92. The largest absolute Gasteiger partial charge is 0.379 e. The highest BCUT2D eigenvalue weighted by Crippen LogP contribution is 2.17. The molecule has 1 aromatic heterocycles. The van der Waals surface area contributed by atoms with Crippen molar-refractivity contribution >= 4 is 15.9 Å². The van der Waals surface area contributed by atoms with Crippen molar-refractivity contribution in [1.82, 2.24) is 14.6 Å². The zero-order valence-corrected chi connectivity index (χ0v) is 14.3. The summed E-state index contributed by atoms with van der Waals surface area (Å²) >= 11 is 0. The number of amides is 1. The number of hydrogen-bond acceptors (Lipinski definition) is 5. The number of nitrogens with one attached hydrogen (secondary N) is 1.